The number of furan rings is 2. The molecule has 7 heteroatoms. The SMILES string of the molecule is Cc1ccc(CN(Cc2ccco2)C(=O)c2cc(=O)c3cc(F)ccc3o2)o1. The van der Waals surface area contributed by atoms with Gasteiger partial charge in [0.05, 0.1) is 24.7 Å². The maximum Gasteiger partial charge on any atom is 0.290 e. The van der Waals surface area contributed by atoms with Gasteiger partial charge in [0.15, 0.2) is 11.2 Å². The van der Waals surface area contributed by atoms with Crippen LogP contribution in [0.4, 0.5) is 4.39 Å². The number of nitrogens with zero attached hydrogens (tertiary/aromatic N) is 1. The Hall–Kier alpha value is -3.61. The summed E-state index contributed by atoms with van der Waals surface area (Å²) < 4.78 is 29.9. The Bertz CT molecular complexity index is 1190. The van der Waals surface area contributed by atoms with E-state index in [0.29, 0.717) is 11.5 Å². The molecular weight excluding hydrogens is 365 g/mol. The number of carbonyl (C=O) groups excluding carboxylic acids is 1. The summed E-state index contributed by atoms with van der Waals surface area (Å²) in [7, 11) is 0. The van der Waals surface area contributed by atoms with Gasteiger partial charge in [0.25, 0.3) is 5.91 Å². The molecule has 142 valence electrons. The zero-order valence-electron chi connectivity index (χ0n) is 15.0. The second kappa shape index (κ2) is 7.19. The van der Waals surface area contributed by atoms with Crippen molar-refractivity contribution >= 4 is 16.9 Å². The molecule has 0 N–H and O–H groups in total. The third-order valence-corrected chi connectivity index (χ3v) is 4.26. The van der Waals surface area contributed by atoms with E-state index in [1.807, 2.05) is 6.92 Å². The van der Waals surface area contributed by atoms with Gasteiger partial charge in [-0.2, -0.15) is 0 Å². The lowest BCUT2D eigenvalue weighted by Gasteiger charge is -2.20. The maximum absolute atomic E-state index is 13.4. The predicted octanol–water partition coefficient (Wildman–Crippen LogP) is 4.27. The number of hydrogen-bond acceptors (Lipinski definition) is 5. The van der Waals surface area contributed by atoms with E-state index < -0.39 is 17.2 Å². The van der Waals surface area contributed by atoms with Crippen molar-refractivity contribution in [1.82, 2.24) is 4.90 Å². The predicted molar refractivity (Wildman–Crippen MR) is 98.2 cm³/mol. The number of fused-ring (bicyclic) bond motifs is 1. The van der Waals surface area contributed by atoms with Crippen LogP contribution in [0.3, 0.4) is 0 Å². The van der Waals surface area contributed by atoms with Crippen LogP contribution in [-0.4, -0.2) is 10.8 Å². The topological polar surface area (TPSA) is 76.8 Å². The molecular formula is C21H16FNO5. The van der Waals surface area contributed by atoms with Gasteiger partial charge in [-0.15, -0.1) is 0 Å². The van der Waals surface area contributed by atoms with Crippen LogP contribution in [0, 0.1) is 12.7 Å². The van der Waals surface area contributed by atoms with Crippen LogP contribution in [0.2, 0.25) is 0 Å². The standard InChI is InChI=1S/C21H16FNO5/c1-13-4-6-16(27-13)12-23(11-15-3-2-8-26-15)21(25)20-10-18(24)17-9-14(22)5-7-19(17)28-20/h2-10H,11-12H2,1H3. The minimum absolute atomic E-state index is 0.0794. The highest BCUT2D eigenvalue weighted by molar-refractivity contribution is 5.93. The fraction of sp³-hybridized carbons (Fsp3) is 0.143. The van der Waals surface area contributed by atoms with E-state index in [1.165, 1.54) is 23.3 Å². The first kappa shape index (κ1) is 17.8. The Morgan fingerprint density at radius 2 is 1.86 bits per heavy atom. The lowest BCUT2D eigenvalue weighted by Crippen LogP contribution is -2.30. The summed E-state index contributed by atoms with van der Waals surface area (Å²) in [6, 6.07) is 11.7. The van der Waals surface area contributed by atoms with Crippen LogP contribution in [0.1, 0.15) is 27.8 Å². The molecule has 0 bridgehead atoms. The zero-order chi connectivity index (χ0) is 19.7. The molecule has 0 radical (unpaired) electrons. The Morgan fingerprint density at radius 3 is 2.57 bits per heavy atom. The Labute approximate surface area is 158 Å². The fourth-order valence-electron chi connectivity index (χ4n) is 2.94. The highest BCUT2D eigenvalue weighted by atomic mass is 19.1. The largest absolute Gasteiger partial charge is 0.467 e. The Morgan fingerprint density at radius 1 is 1.04 bits per heavy atom. The zero-order valence-corrected chi connectivity index (χ0v) is 15.0. The maximum atomic E-state index is 13.4. The van der Waals surface area contributed by atoms with Gasteiger partial charge in [-0.3, -0.25) is 9.59 Å². The first-order chi connectivity index (χ1) is 13.5. The number of halogens is 1. The van der Waals surface area contributed by atoms with E-state index in [2.05, 4.69) is 0 Å². The van der Waals surface area contributed by atoms with Crippen molar-refractivity contribution in [3.8, 4) is 0 Å². The van der Waals surface area contributed by atoms with Gasteiger partial charge >= 0.3 is 0 Å². The van der Waals surface area contributed by atoms with E-state index >= 15 is 0 Å². The highest BCUT2D eigenvalue weighted by Gasteiger charge is 2.22. The minimum Gasteiger partial charge on any atom is -0.467 e. The smallest absolute Gasteiger partial charge is 0.290 e. The summed E-state index contributed by atoms with van der Waals surface area (Å²) in [6.45, 7) is 2.14. The third kappa shape index (κ3) is 3.59. The molecule has 28 heavy (non-hydrogen) atoms. The molecule has 6 nitrogen and oxygen atoms in total. The average molecular weight is 381 g/mol. The normalized spacial score (nSPS) is 11.1. The Balaban J connectivity index is 1.70. The first-order valence-electron chi connectivity index (χ1n) is 8.60. The van der Waals surface area contributed by atoms with Gasteiger partial charge in [0.2, 0.25) is 0 Å². The number of benzene rings is 1. The van der Waals surface area contributed by atoms with Gasteiger partial charge < -0.3 is 18.2 Å². The van der Waals surface area contributed by atoms with Gasteiger partial charge in [-0.05, 0) is 49.4 Å². The quantitative estimate of drug-likeness (QED) is 0.516. The molecule has 1 aromatic carbocycles. The molecule has 0 spiro atoms. The lowest BCUT2D eigenvalue weighted by molar-refractivity contribution is 0.0672. The second-order valence-corrected chi connectivity index (χ2v) is 6.37. The molecule has 0 fully saturated rings. The van der Waals surface area contributed by atoms with Gasteiger partial charge in [0.1, 0.15) is 28.7 Å². The fourth-order valence-corrected chi connectivity index (χ4v) is 2.94. The molecule has 0 aliphatic rings. The van der Waals surface area contributed by atoms with Crippen LogP contribution < -0.4 is 5.43 Å². The summed E-state index contributed by atoms with van der Waals surface area (Å²) in [6.07, 6.45) is 1.51. The molecule has 1 amide bonds. The number of aryl methyl sites for hydroxylation is 1. The molecule has 0 unspecified atom stereocenters. The highest BCUT2D eigenvalue weighted by Crippen LogP contribution is 2.19. The molecule has 0 aliphatic heterocycles. The van der Waals surface area contributed by atoms with Crippen LogP contribution in [-0.2, 0) is 13.1 Å². The first-order valence-corrected chi connectivity index (χ1v) is 8.60. The van der Waals surface area contributed by atoms with Crippen molar-refractivity contribution in [2.75, 3.05) is 0 Å². The van der Waals surface area contributed by atoms with Crippen molar-refractivity contribution in [3.63, 3.8) is 0 Å². The van der Waals surface area contributed by atoms with E-state index in [4.69, 9.17) is 13.3 Å². The molecule has 0 atom stereocenters. The third-order valence-electron chi connectivity index (χ3n) is 4.26. The van der Waals surface area contributed by atoms with Crippen LogP contribution >= 0.6 is 0 Å². The summed E-state index contributed by atoms with van der Waals surface area (Å²) >= 11 is 0. The molecule has 4 rings (SSSR count). The molecule has 4 aromatic rings. The van der Waals surface area contributed by atoms with Crippen LogP contribution in [0.15, 0.2) is 72.8 Å². The molecule has 0 saturated heterocycles. The molecule has 0 aliphatic carbocycles. The van der Waals surface area contributed by atoms with Crippen LogP contribution in [0.5, 0.6) is 0 Å². The van der Waals surface area contributed by atoms with Gasteiger partial charge in [-0.1, -0.05) is 0 Å². The number of hydrogen-bond donors (Lipinski definition) is 0. The minimum atomic E-state index is -0.550. The van der Waals surface area contributed by atoms with Gasteiger partial charge in [0, 0.05) is 6.07 Å². The summed E-state index contributed by atoms with van der Waals surface area (Å²) in [5.41, 5.74) is -0.347. The van der Waals surface area contributed by atoms with Crippen LogP contribution in [0.25, 0.3) is 11.0 Å². The Kier molecular flexibility index (Phi) is 4.57. The van der Waals surface area contributed by atoms with Crippen molar-refractivity contribution in [1.29, 1.82) is 0 Å². The number of amides is 1. The second-order valence-electron chi connectivity index (χ2n) is 6.37. The van der Waals surface area contributed by atoms with Crippen molar-refractivity contribution in [2.45, 2.75) is 20.0 Å². The van der Waals surface area contributed by atoms with E-state index in [0.717, 1.165) is 17.9 Å². The summed E-state index contributed by atoms with van der Waals surface area (Å²) in [5, 5.41) is 0.0794. The number of carbonyl (C=O) groups is 1. The van der Waals surface area contributed by atoms with E-state index in [1.54, 1.807) is 24.3 Å². The molecule has 3 aromatic heterocycles. The van der Waals surface area contributed by atoms with Crippen molar-refractivity contribution < 1.29 is 22.4 Å². The number of rotatable bonds is 5. The summed E-state index contributed by atoms with van der Waals surface area (Å²) in [4.78, 5) is 26.9. The van der Waals surface area contributed by atoms with Crippen molar-refractivity contribution in [2.24, 2.45) is 0 Å². The van der Waals surface area contributed by atoms with E-state index in [9.17, 15) is 14.0 Å². The average Bonchev–Trinajstić information content (AvgIpc) is 3.33. The molecule has 0 saturated carbocycles. The summed E-state index contributed by atoms with van der Waals surface area (Å²) in [5.74, 6) is 0.684. The molecule has 3 heterocycles. The van der Waals surface area contributed by atoms with Crippen molar-refractivity contribution in [3.05, 3.63) is 93.9 Å². The van der Waals surface area contributed by atoms with Gasteiger partial charge in [-0.25, -0.2) is 4.39 Å². The monoisotopic (exact) mass is 381 g/mol. The lowest BCUT2D eigenvalue weighted by atomic mass is 10.2. The van der Waals surface area contributed by atoms with E-state index in [-0.39, 0.29) is 29.8 Å².